The summed E-state index contributed by atoms with van der Waals surface area (Å²) in [4.78, 5) is 12.4. The van der Waals surface area contributed by atoms with Crippen molar-refractivity contribution in [3.05, 3.63) is 23.8 Å². The fraction of sp³-hybridized carbons (Fsp3) is 0.562. The van der Waals surface area contributed by atoms with Gasteiger partial charge in [0, 0.05) is 11.6 Å². The molecule has 2 atom stereocenters. The maximum atomic E-state index is 12.4. The number of nitrogens with one attached hydrogen (secondary N) is 2. The van der Waals surface area contributed by atoms with Gasteiger partial charge in [0.1, 0.15) is 0 Å². The first-order chi connectivity index (χ1) is 10.9. The van der Waals surface area contributed by atoms with Crippen molar-refractivity contribution in [3.63, 3.8) is 0 Å². The second-order valence-corrected chi connectivity index (χ2v) is 8.07. The Labute approximate surface area is 137 Å². The maximum Gasteiger partial charge on any atom is 0.232 e. The molecule has 6 nitrogen and oxygen atoms in total. The smallest absolute Gasteiger partial charge is 0.232 e. The molecule has 0 heterocycles. The van der Waals surface area contributed by atoms with E-state index >= 15 is 0 Å². The Hall–Kier alpha value is -1.60. The average molecular weight is 339 g/mol. The number of aryl methyl sites for hydroxylation is 1. The summed E-state index contributed by atoms with van der Waals surface area (Å²) in [5, 5.41) is 2.92. The van der Waals surface area contributed by atoms with E-state index in [0.717, 1.165) is 24.8 Å². The van der Waals surface area contributed by atoms with Crippen LogP contribution in [-0.2, 0) is 14.8 Å². The predicted octanol–water partition coefficient (Wildman–Crippen LogP) is 2.07. The number of hydrogen-bond acceptors (Lipinski definition) is 4. The number of anilines is 2. The van der Waals surface area contributed by atoms with Gasteiger partial charge in [-0.3, -0.25) is 9.52 Å². The van der Waals surface area contributed by atoms with Gasteiger partial charge < -0.3 is 11.1 Å². The number of carbonyl (C=O) groups is 1. The van der Waals surface area contributed by atoms with Crippen LogP contribution in [0.1, 0.15) is 31.7 Å². The second kappa shape index (κ2) is 7.31. The third kappa shape index (κ3) is 4.45. The average Bonchev–Trinajstić information content (AvgIpc) is 2.98. The van der Waals surface area contributed by atoms with E-state index in [1.54, 1.807) is 32.0 Å². The van der Waals surface area contributed by atoms with Crippen LogP contribution < -0.4 is 15.8 Å². The molecule has 0 saturated heterocycles. The van der Waals surface area contributed by atoms with Gasteiger partial charge in [-0.2, -0.15) is 0 Å². The minimum absolute atomic E-state index is 0.000705. The van der Waals surface area contributed by atoms with Crippen molar-refractivity contribution in [2.45, 2.75) is 33.1 Å². The van der Waals surface area contributed by atoms with Gasteiger partial charge in [-0.05, 0) is 62.9 Å². The number of nitrogens with two attached hydrogens (primary N) is 1. The van der Waals surface area contributed by atoms with Gasteiger partial charge in [0.05, 0.1) is 11.4 Å². The van der Waals surface area contributed by atoms with Crippen LogP contribution in [0, 0.1) is 18.8 Å². The maximum absolute atomic E-state index is 12.4. The first kappa shape index (κ1) is 17.7. The van der Waals surface area contributed by atoms with Crippen molar-refractivity contribution in [1.82, 2.24) is 0 Å². The van der Waals surface area contributed by atoms with Crippen molar-refractivity contribution in [1.29, 1.82) is 0 Å². The zero-order valence-electron chi connectivity index (χ0n) is 13.6. The van der Waals surface area contributed by atoms with Gasteiger partial charge in [-0.15, -0.1) is 0 Å². The second-order valence-electron chi connectivity index (χ2n) is 6.06. The van der Waals surface area contributed by atoms with Crippen molar-refractivity contribution in [2.75, 3.05) is 22.3 Å². The monoisotopic (exact) mass is 339 g/mol. The van der Waals surface area contributed by atoms with Crippen LogP contribution in [-0.4, -0.2) is 26.6 Å². The van der Waals surface area contributed by atoms with E-state index in [2.05, 4.69) is 10.0 Å². The number of benzene rings is 1. The highest BCUT2D eigenvalue weighted by Crippen LogP contribution is 2.32. The molecular weight excluding hydrogens is 314 g/mol. The lowest BCUT2D eigenvalue weighted by Crippen LogP contribution is -2.29. The quantitative estimate of drug-likeness (QED) is 0.738. The Morgan fingerprint density at radius 3 is 2.70 bits per heavy atom. The molecule has 0 aliphatic heterocycles. The molecular formula is C16H25N3O3S. The first-order valence-electron chi connectivity index (χ1n) is 7.98. The van der Waals surface area contributed by atoms with Crippen molar-refractivity contribution < 1.29 is 13.2 Å². The number of hydrogen-bond donors (Lipinski definition) is 3. The van der Waals surface area contributed by atoms with Crippen molar-refractivity contribution in [2.24, 2.45) is 17.6 Å². The van der Waals surface area contributed by atoms with Crippen LogP contribution >= 0.6 is 0 Å². The molecule has 0 bridgehead atoms. The normalized spacial score (nSPS) is 21.2. The molecule has 1 aromatic carbocycles. The van der Waals surface area contributed by atoms with Gasteiger partial charge in [0.2, 0.25) is 15.9 Å². The van der Waals surface area contributed by atoms with Crippen LogP contribution in [0.15, 0.2) is 18.2 Å². The summed E-state index contributed by atoms with van der Waals surface area (Å²) in [5.74, 6) is 0.247. The largest absolute Gasteiger partial charge is 0.330 e. The molecule has 1 amide bonds. The predicted molar refractivity (Wildman–Crippen MR) is 92.8 cm³/mol. The molecule has 2 rings (SSSR count). The minimum Gasteiger partial charge on any atom is -0.330 e. The van der Waals surface area contributed by atoms with Gasteiger partial charge in [-0.25, -0.2) is 8.42 Å². The lowest BCUT2D eigenvalue weighted by Gasteiger charge is -2.18. The van der Waals surface area contributed by atoms with Gasteiger partial charge in [0.25, 0.3) is 0 Å². The molecule has 23 heavy (non-hydrogen) atoms. The molecule has 1 aliphatic carbocycles. The van der Waals surface area contributed by atoms with Gasteiger partial charge in [-0.1, -0.05) is 6.42 Å². The Bertz CT molecular complexity index is 673. The molecule has 0 radical (unpaired) electrons. The lowest BCUT2D eigenvalue weighted by molar-refractivity contribution is -0.120. The SMILES string of the molecule is CCS(=O)(=O)Nc1ccc(NC(=O)[C@@H]2CCC[C@@H]2CN)cc1C. The van der Waals surface area contributed by atoms with E-state index in [4.69, 9.17) is 5.73 Å². The summed E-state index contributed by atoms with van der Waals surface area (Å²) in [6.07, 6.45) is 2.92. The van der Waals surface area contributed by atoms with Crippen LogP contribution in [0.5, 0.6) is 0 Å². The van der Waals surface area contributed by atoms with Crippen LogP contribution in [0.2, 0.25) is 0 Å². The highest BCUT2D eigenvalue weighted by molar-refractivity contribution is 7.92. The summed E-state index contributed by atoms with van der Waals surface area (Å²) in [7, 11) is -3.31. The standard InChI is InChI=1S/C16H25N3O3S/c1-3-23(21,22)19-15-8-7-13(9-11(15)2)18-16(20)14-6-4-5-12(14)10-17/h7-9,12,14,19H,3-6,10,17H2,1-2H3,(H,18,20)/t12-,14-/m1/s1. The molecule has 4 N–H and O–H groups in total. The molecule has 1 aliphatic rings. The minimum atomic E-state index is -3.31. The fourth-order valence-corrected chi connectivity index (χ4v) is 3.70. The van der Waals surface area contributed by atoms with Crippen molar-refractivity contribution in [3.8, 4) is 0 Å². The molecule has 7 heteroatoms. The van der Waals surface area contributed by atoms with Gasteiger partial charge in [0.15, 0.2) is 0 Å². The molecule has 1 fully saturated rings. The molecule has 128 valence electrons. The third-order valence-electron chi connectivity index (χ3n) is 4.44. The zero-order valence-corrected chi connectivity index (χ0v) is 14.4. The molecule has 1 aromatic rings. The number of carbonyl (C=O) groups excluding carboxylic acids is 1. The summed E-state index contributed by atoms with van der Waals surface area (Å²) in [6, 6.07) is 5.16. The molecule has 0 unspecified atom stereocenters. The van der Waals surface area contributed by atoms with Crippen molar-refractivity contribution >= 4 is 27.3 Å². The topological polar surface area (TPSA) is 101 Å². The van der Waals surface area contributed by atoms with Gasteiger partial charge >= 0.3 is 0 Å². The van der Waals surface area contributed by atoms with E-state index in [-0.39, 0.29) is 23.5 Å². The van der Waals surface area contributed by atoms with Crippen LogP contribution in [0.3, 0.4) is 0 Å². The number of rotatable bonds is 6. The van der Waals surface area contributed by atoms with Crippen LogP contribution in [0.25, 0.3) is 0 Å². The summed E-state index contributed by atoms with van der Waals surface area (Å²) in [6.45, 7) is 3.93. The summed E-state index contributed by atoms with van der Waals surface area (Å²) >= 11 is 0. The van der Waals surface area contributed by atoms with E-state index < -0.39 is 10.0 Å². The third-order valence-corrected chi connectivity index (χ3v) is 5.73. The Balaban J connectivity index is 2.07. The molecule has 1 saturated carbocycles. The highest BCUT2D eigenvalue weighted by Gasteiger charge is 2.31. The lowest BCUT2D eigenvalue weighted by atomic mass is 9.95. The number of amides is 1. The molecule has 0 spiro atoms. The Morgan fingerprint density at radius 1 is 1.35 bits per heavy atom. The first-order valence-corrected chi connectivity index (χ1v) is 9.63. The summed E-state index contributed by atoms with van der Waals surface area (Å²) < 4.78 is 25.8. The fourth-order valence-electron chi connectivity index (χ4n) is 2.99. The molecule has 0 aromatic heterocycles. The number of sulfonamides is 1. The van der Waals surface area contributed by atoms with E-state index in [0.29, 0.717) is 17.9 Å². The zero-order chi connectivity index (χ0) is 17.0. The van der Waals surface area contributed by atoms with E-state index in [9.17, 15) is 13.2 Å². The Morgan fingerprint density at radius 2 is 2.09 bits per heavy atom. The van der Waals surface area contributed by atoms with E-state index in [1.165, 1.54) is 0 Å². The summed E-state index contributed by atoms with van der Waals surface area (Å²) in [5.41, 5.74) is 7.70. The van der Waals surface area contributed by atoms with Crippen LogP contribution in [0.4, 0.5) is 11.4 Å². The Kier molecular flexibility index (Phi) is 5.64. The highest BCUT2D eigenvalue weighted by atomic mass is 32.2. The van der Waals surface area contributed by atoms with E-state index in [1.807, 2.05) is 0 Å².